The molecule has 0 saturated heterocycles. The third kappa shape index (κ3) is 48.6. The number of hydrogen-bond donors (Lipinski definition) is 5. The third-order valence-corrected chi connectivity index (χ3v) is 12.5. The molecule has 0 fully saturated rings. The lowest BCUT2D eigenvalue weighted by Gasteiger charge is -2.20. The summed E-state index contributed by atoms with van der Waals surface area (Å²) in [5.41, 5.74) is 0. The minimum atomic E-state index is -4.88. The highest BCUT2D eigenvalue weighted by molar-refractivity contribution is 7.47. The van der Waals surface area contributed by atoms with Gasteiger partial charge in [-0.1, -0.05) is 204 Å². The Morgan fingerprint density at radius 2 is 0.985 bits per heavy atom. The highest BCUT2D eigenvalue weighted by atomic mass is 31.2. The van der Waals surface area contributed by atoms with E-state index >= 15 is 0 Å². The zero-order valence-corrected chi connectivity index (χ0v) is 43.3. The molecule has 0 heterocycles. The van der Waals surface area contributed by atoms with Gasteiger partial charge in [-0.15, -0.1) is 0 Å². The summed E-state index contributed by atoms with van der Waals surface area (Å²) in [6.07, 6.45) is 45.9. The first-order chi connectivity index (χ1) is 32.2. The van der Waals surface area contributed by atoms with Crippen LogP contribution in [-0.2, 0) is 41.8 Å². The molecule has 0 aromatic heterocycles. The molecule has 0 aromatic carbocycles. The number of rotatable bonds is 47. The lowest BCUT2D eigenvalue weighted by molar-refractivity contribution is -0.161. The first-order valence-electron chi connectivity index (χ1n) is 25.5. The van der Waals surface area contributed by atoms with Crippen LogP contribution in [-0.4, -0.2) is 81.6 Å². The second-order valence-electron chi connectivity index (χ2n) is 17.5. The predicted molar refractivity (Wildman–Crippen MR) is 268 cm³/mol. The molecule has 0 radical (unpaired) electrons. The minimum Gasteiger partial charge on any atom is -0.462 e. The fourth-order valence-electron chi connectivity index (χ4n) is 6.72. The molecule has 0 rings (SSSR count). The Labute approximate surface area is 404 Å². The number of phosphoric ester groups is 2. The molecule has 0 amide bonds. The van der Waals surface area contributed by atoms with Crippen LogP contribution in [0.3, 0.4) is 0 Å². The zero-order valence-electron chi connectivity index (χ0n) is 41.5. The molecule has 390 valence electrons. The highest BCUT2D eigenvalue weighted by Crippen LogP contribution is 2.44. The van der Waals surface area contributed by atoms with Crippen LogP contribution in [0.15, 0.2) is 60.8 Å². The van der Waals surface area contributed by atoms with Crippen molar-refractivity contribution in [1.29, 1.82) is 0 Å². The summed E-state index contributed by atoms with van der Waals surface area (Å²) in [6.45, 7) is 3.77. The topological polar surface area (TPSA) is 216 Å². The molecule has 0 aliphatic carbocycles. The Balaban J connectivity index is 4.48. The van der Waals surface area contributed by atoms with Crippen molar-refractivity contribution in [2.45, 2.75) is 219 Å². The Bertz CT molecular complexity index is 1440. The molecule has 0 saturated carbocycles. The molecule has 5 atom stereocenters. The molecule has 0 aliphatic heterocycles. The van der Waals surface area contributed by atoms with Gasteiger partial charge in [-0.2, -0.15) is 0 Å². The summed E-state index contributed by atoms with van der Waals surface area (Å²) in [6, 6.07) is 0. The lowest BCUT2D eigenvalue weighted by Crippen LogP contribution is -2.30. The molecule has 0 aliphatic rings. The second kappa shape index (κ2) is 45.0. The van der Waals surface area contributed by atoms with E-state index in [4.69, 9.17) is 28.3 Å². The van der Waals surface area contributed by atoms with Crippen LogP contribution in [0.2, 0.25) is 0 Å². The average molecular weight is 991 g/mol. The first-order valence-corrected chi connectivity index (χ1v) is 28.5. The van der Waals surface area contributed by atoms with Crippen LogP contribution in [0.5, 0.6) is 0 Å². The van der Waals surface area contributed by atoms with Crippen LogP contribution < -0.4 is 0 Å². The molecule has 14 nitrogen and oxygen atoms in total. The Morgan fingerprint density at radius 1 is 0.522 bits per heavy atom. The molecule has 0 aromatic rings. The van der Waals surface area contributed by atoms with Crippen LogP contribution in [0.1, 0.15) is 201 Å². The van der Waals surface area contributed by atoms with E-state index in [2.05, 4.69) is 42.7 Å². The number of unbranched alkanes of at least 4 members (excludes halogenated alkanes) is 18. The van der Waals surface area contributed by atoms with Gasteiger partial charge in [0.1, 0.15) is 12.7 Å². The van der Waals surface area contributed by atoms with Crippen LogP contribution in [0.4, 0.5) is 0 Å². The third-order valence-electron chi connectivity index (χ3n) is 11.1. The predicted octanol–water partition coefficient (Wildman–Crippen LogP) is 12.8. The number of aliphatic hydroxyl groups excluding tert-OH is 2. The maximum absolute atomic E-state index is 12.7. The van der Waals surface area contributed by atoms with E-state index in [1.165, 1.54) is 103 Å². The average Bonchev–Trinajstić information content (AvgIpc) is 3.29. The zero-order chi connectivity index (χ0) is 49.7. The van der Waals surface area contributed by atoms with Gasteiger partial charge in [0, 0.05) is 12.8 Å². The van der Waals surface area contributed by atoms with E-state index in [1.54, 1.807) is 6.08 Å². The molecule has 67 heavy (non-hydrogen) atoms. The second-order valence-corrected chi connectivity index (χ2v) is 20.2. The van der Waals surface area contributed by atoms with Gasteiger partial charge in [-0.3, -0.25) is 23.2 Å². The van der Waals surface area contributed by atoms with Crippen LogP contribution in [0, 0.1) is 5.92 Å². The Kier molecular flexibility index (Phi) is 43.5. The van der Waals surface area contributed by atoms with E-state index in [0.29, 0.717) is 25.7 Å². The number of aliphatic hydroxyl groups is 2. The lowest BCUT2D eigenvalue weighted by atomic mass is 9.99. The van der Waals surface area contributed by atoms with Crippen molar-refractivity contribution >= 4 is 27.6 Å². The number of ether oxygens (including phenoxy) is 2. The quantitative estimate of drug-likeness (QED) is 0.0126. The van der Waals surface area contributed by atoms with Crippen molar-refractivity contribution in [2.75, 3.05) is 26.4 Å². The fraction of sp³-hybridized carbons (Fsp3) is 0.765. The van der Waals surface area contributed by atoms with Crippen LogP contribution >= 0.6 is 15.6 Å². The number of carbonyl (C=O) groups excluding carboxylic acids is 2. The van der Waals surface area contributed by atoms with E-state index in [0.717, 1.165) is 44.4 Å². The maximum atomic E-state index is 12.7. The van der Waals surface area contributed by atoms with E-state index in [1.807, 2.05) is 37.3 Å². The monoisotopic (exact) mass is 991 g/mol. The van der Waals surface area contributed by atoms with Gasteiger partial charge in [-0.05, 0) is 50.9 Å². The molecular weight excluding hydrogens is 898 g/mol. The van der Waals surface area contributed by atoms with Gasteiger partial charge in [0.25, 0.3) is 0 Å². The number of allylic oxidation sites excluding steroid dienone is 9. The number of carbonyl (C=O) groups is 2. The summed E-state index contributed by atoms with van der Waals surface area (Å²) < 4.78 is 47.9. The summed E-state index contributed by atoms with van der Waals surface area (Å²) in [5.74, 6) is -0.236. The highest BCUT2D eigenvalue weighted by Gasteiger charge is 2.28. The number of esters is 2. The minimum absolute atomic E-state index is 0.102. The molecule has 2 unspecified atom stereocenters. The van der Waals surface area contributed by atoms with Gasteiger partial charge < -0.3 is 34.4 Å². The molecule has 0 bridgehead atoms. The molecule has 16 heteroatoms. The van der Waals surface area contributed by atoms with Gasteiger partial charge in [0.2, 0.25) is 0 Å². The maximum Gasteiger partial charge on any atom is 0.472 e. The SMILES string of the molecule is CCC(C)CCCCCCCCCCCCCCCCCCCCC(=O)O[C@H](COC(=O)CCC/C=C\C/C=C\C/C=C\C/C=C\C=C\[C@@H](O)CC)COP(=O)(O)OC[C@@H](O)COP(=O)(O)O. The summed E-state index contributed by atoms with van der Waals surface area (Å²) >= 11 is 0. The van der Waals surface area contributed by atoms with Gasteiger partial charge >= 0.3 is 27.6 Å². The molecule has 5 N–H and O–H groups in total. The summed E-state index contributed by atoms with van der Waals surface area (Å²) in [7, 11) is -9.71. The van der Waals surface area contributed by atoms with E-state index < -0.39 is 72.3 Å². The van der Waals surface area contributed by atoms with Gasteiger partial charge in [-0.25, -0.2) is 9.13 Å². The normalized spacial score (nSPS) is 15.3. The van der Waals surface area contributed by atoms with Crippen molar-refractivity contribution in [3.63, 3.8) is 0 Å². The van der Waals surface area contributed by atoms with Crippen LogP contribution in [0.25, 0.3) is 0 Å². The van der Waals surface area contributed by atoms with Crippen molar-refractivity contribution < 1.29 is 66.7 Å². The fourth-order valence-corrected chi connectivity index (χ4v) is 7.88. The van der Waals surface area contributed by atoms with Crippen molar-refractivity contribution in [2.24, 2.45) is 5.92 Å². The summed E-state index contributed by atoms with van der Waals surface area (Å²) in [4.78, 5) is 52.9. The number of hydrogen-bond acceptors (Lipinski definition) is 11. The molecular formula is C51H92O14P2. The van der Waals surface area contributed by atoms with E-state index in [9.17, 15) is 33.8 Å². The Morgan fingerprint density at radius 3 is 1.51 bits per heavy atom. The Hall–Kier alpha value is -2.22. The number of phosphoric acid groups is 2. The van der Waals surface area contributed by atoms with Gasteiger partial charge in [0.05, 0.1) is 25.9 Å². The first kappa shape index (κ1) is 64.8. The largest absolute Gasteiger partial charge is 0.472 e. The van der Waals surface area contributed by atoms with Crippen molar-refractivity contribution in [3.8, 4) is 0 Å². The van der Waals surface area contributed by atoms with Crippen molar-refractivity contribution in [1.82, 2.24) is 0 Å². The van der Waals surface area contributed by atoms with E-state index in [-0.39, 0.29) is 12.8 Å². The standard InChI is InChI=1S/C51H92O14P2/c1-4-46(3)38-34-30-26-22-18-14-10-8-6-7-9-11-17-21-25-29-33-37-41-51(55)65-49(45-64-67(59,60)63-43-48(53)42-62-66(56,57)58)44-61-50(54)40-36-32-28-24-20-16-13-12-15-19-23-27-31-35-39-47(52)5-2/h13,15-16,19,24,27-28,31,35,39,46-49,52-53H,4-12,14,17-18,20-23,25-26,29-30,32-34,36-38,40-45H2,1-3H3,(H,59,60)(H2,56,57,58)/b16-13-,19-15-,28-24-,31-27-,39-35+/t46?,47-,48-,49+/m0/s1. The molecule has 0 spiro atoms. The summed E-state index contributed by atoms with van der Waals surface area (Å²) in [5, 5.41) is 19.3. The smallest absolute Gasteiger partial charge is 0.462 e. The van der Waals surface area contributed by atoms with Gasteiger partial charge in [0.15, 0.2) is 6.10 Å². The van der Waals surface area contributed by atoms with Crippen molar-refractivity contribution in [3.05, 3.63) is 60.8 Å².